The lowest BCUT2D eigenvalue weighted by Crippen LogP contribution is -2.59. The molecule has 0 aromatic heterocycles. The summed E-state index contributed by atoms with van der Waals surface area (Å²) in [5.41, 5.74) is 0. The Bertz CT molecular complexity index is 833. The Morgan fingerprint density at radius 2 is 1.67 bits per heavy atom. The fourth-order valence-corrected chi connectivity index (χ4v) is 5.25. The van der Waals surface area contributed by atoms with Crippen molar-refractivity contribution in [3.05, 3.63) is 41.4 Å². The van der Waals surface area contributed by atoms with Gasteiger partial charge in [0.05, 0.1) is 4.90 Å². The molecule has 1 aromatic carbocycles. The van der Waals surface area contributed by atoms with Gasteiger partial charge in [0.15, 0.2) is 0 Å². The van der Waals surface area contributed by atoms with Gasteiger partial charge in [0.25, 0.3) is 0 Å². The Hall–Kier alpha value is -1.71. The number of carbonyl (C=O) groups excluding carboxylic acids is 2. The number of benzene rings is 1. The third-order valence-corrected chi connectivity index (χ3v) is 7.45. The predicted octanol–water partition coefficient (Wildman–Crippen LogP) is 1.46. The molecule has 0 spiro atoms. The lowest BCUT2D eigenvalue weighted by Gasteiger charge is -2.41. The molecule has 0 aliphatic carbocycles. The zero-order chi connectivity index (χ0) is 19.6. The van der Waals surface area contributed by atoms with Crippen molar-refractivity contribution < 1.29 is 18.0 Å². The van der Waals surface area contributed by atoms with Crippen molar-refractivity contribution in [2.24, 2.45) is 0 Å². The molecule has 2 amide bonds. The van der Waals surface area contributed by atoms with Gasteiger partial charge < -0.3 is 9.80 Å². The van der Waals surface area contributed by atoms with Crippen LogP contribution in [0.25, 0.3) is 0 Å². The first-order chi connectivity index (χ1) is 12.8. The first-order valence-electron chi connectivity index (χ1n) is 8.81. The summed E-state index contributed by atoms with van der Waals surface area (Å²) in [4.78, 5) is 27.9. The number of piperidine rings is 1. The van der Waals surface area contributed by atoms with E-state index < -0.39 is 21.8 Å². The minimum atomic E-state index is -3.55. The molecule has 146 valence electrons. The molecule has 27 heavy (non-hydrogen) atoms. The smallest absolute Gasteiger partial charge is 0.312 e. The van der Waals surface area contributed by atoms with E-state index >= 15 is 0 Å². The summed E-state index contributed by atoms with van der Waals surface area (Å²) in [7, 11) is -3.55. The van der Waals surface area contributed by atoms with Crippen LogP contribution in [0.2, 0.25) is 0 Å². The van der Waals surface area contributed by atoms with Gasteiger partial charge in [0, 0.05) is 43.2 Å². The molecule has 7 nitrogen and oxygen atoms in total. The number of piperazine rings is 1. The van der Waals surface area contributed by atoms with Crippen molar-refractivity contribution in [3.63, 3.8) is 0 Å². The average Bonchev–Trinajstić information content (AvgIpc) is 2.66. The van der Waals surface area contributed by atoms with Crippen molar-refractivity contribution >= 4 is 37.8 Å². The monoisotopic (exact) mass is 455 g/mol. The summed E-state index contributed by atoms with van der Waals surface area (Å²) in [5.74, 6) is -1.01. The Labute approximate surface area is 167 Å². The summed E-state index contributed by atoms with van der Waals surface area (Å²) in [6.45, 7) is 5.58. The maximum absolute atomic E-state index is 12.8. The fourth-order valence-electron chi connectivity index (χ4n) is 3.52. The molecule has 2 aliphatic rings. The molecule has 2 fully saturated rings. The largest absolute Gasteiger partial charge is 0.330 e. The van der Waals surface area contributed by atoms with E-state index in [4.69, 9.17) is 0 Å². The Balaban J connectivity index is 1.63. The second kappa shape index (κ2) is 8.12. The van der Waals surface area contributed by atoms with Crippen LogP contribution in [0.5, 0.6) is 0 Å². The SMILES string of the molecule is C=CCN1CCN(C2CCN(S(=O)(=O)c3ccc(Br)cc3)CC2)C(=O)C1=O. The average molecular weight is 456 g/mol. The van der Waals surface area contributed by atoms with Crippen molar-refractivity contribution in [2.45, 2.75) is 23.8 Å². The van der Waals surface area contributed by atoms with Gasteiger partial charge in [0.1, 0.15) is 0 Å². The second-order valence-corrected chi connectivity index (χ2v) is 9.48. The number of nitrogens with zero attached hydrogens (tertiary/aromatic N) is 3. The first-order valence-corrected chi connectivity index (χ1v) is 11.0. The van der Waals surface area contributed by atoms with Gasteiger partial charge in [-0.1, -0.05) is 22.0 Å². The highest BCUT2D eigenvalue weighted by Crippen LogP contribution is 2.25. The zero-order valence-electron chi connectivity index (χ0n) is 14.9. The van der Waals surface area contributed by atoms with Gasteiger partial charge in [-0.05, 0) is 37.1 Å². The Kier molecular flexibility index (Phi) is 6.02. The highest BCUT2D eigenvalue weighted by molar-refractivity contribution is 9.10. The van der Waals surface area contributed by atoms with E-state index in [1.54, 1.807) is 35.2 Å². The van der Waals surface area contributed by atoms with E-state index in [9.17, 15) is 18.0 Å². The number of sulfonamides is 1. The molecule has 3 rings (SSSR count). The molecule has 0 bridgehead atoms. The number of hydrogen-bond acceptors (Lipinski definition) is 4. The van der Waals surface area contributed by atoms with Gasteiger partial charge in [-0.15, -0.1) is 6.58 Å². The molecule has 0 saturated carbocycles. The second-order valence-electron chi connectivity index (χ2n) is 6.63. The van der Waals surface area contributed by atoms with Gasteiger partial charge in [0.2, 0.25) is 10.0 Å². The molecular formula is C18H22BrN3O4S. The molecule has 0 unspecified atom stereocenters. The number of amides is 2. The number of carbonyl (C=O) groups is 2. The Morgan fingerprint density at radius 1 is 1.04 bits per heavy atom. The van der Waals surface area contributed by atoms with Crippen LogP contribution >= 0.6 is 15.9 Å². The van der Waals surface area contributed by atoms with Crippen LogP contribution in [0.3, 0.4) is 0 Å². The van der Waals surface area contributed by atoms with Crippen LogP contribution in [0.1, 0.15) is 12.8 Å². The van der Waals surface area contributed by atoms with Gasteiger partial charge in [-0.25, -0.2) is 8.42 Å². The number of halogens is 1. The molecule has 2 saturated heterocycles. The van der Waals surface area contributed by atoms with Crippen LogP contribution in [0.4, 0.5) is 0 Å². The molecule has 0 atom stereocenters. The normalized spacial score (nSPS) is 20.2. The van der Waals surface area contributed by atoms with Crippen LogP contribution < -0.4 is 0 Å². The van der Waals surface area contributed by atoms with Gasteiger partial charge >= 0.3 is 11.8 Å². The standard InChI is InChI=1S/C18H22BrN3O4S/c1-2-9-20-12-13-22(18(24)17(20)23)15-7-10-21(11-8-15)27(25,26)16-5-3-14(19)4-6-16/h2-6,15H,1,7-13H2. The fraction of sp³-hybridized carbons (Fsp3) is 0.444. The minimum absolute atomic E-state index is 0.108. The quantitative estimate of drug-likeness (QED) is 0.497. The minimum Gasteiger partial charge on any atom is -0.330 e. The third kappa shape index (κ3) is 4.09. The lowest BCUT2D eigenvalue weighted by atomic mass is 10.0. The van der Waals surface area contributed by atoms with E-state index in [1.165, 1.54) is 9.21 Å². The predicted molar refractivity (Wildman–Crippen MR) is 104 cm³/mol. The molecule has 0 radical (unpaired) electrons. The van der Waals surface area contributed by atoms with Crippen molar-refractivity contribution in [2.75, 3.05) is 32.7 Å². The highest BCUT2D eigenvalue weighted by Gasteiger charge is 2.38. The van der Waals surface area contributed by atoms with E-state index in [0.29, 0.717) is 45.6 Å². The Morgan fingerprint density at radius 3 is 2.26 bits per heavy atom. The van der Waals surface area contributed by atoms with E-state index in [1.807, 2.05) is 0 Å². The molecule has 9 heteroatoms. The van der Waals surface area contributed by atoms with Gasteiger partial charge in [-0.2, -0.15) is 4.31 Å². The third-order valence-electron chi connectivity index (χ3n) is 5.01. The zero-order valence-corrected chi connectivity index (χ0v) is 17.3. The molecule has 0 N–H and O–H groups in total. The molecule has 1 aromatic rings. The number of hydrogen-bond donors (Lipinski definition) is 0. The van der Waals surface area contributed by atoms with Gasteiger partial charge in [-0.3, -0.25) is 9.59 Å². The molecular weight excluding hydrogens is 434 g/mol. The van der Waals surface area contributed by atoms with E-state index in [0.717, 1.165) is 4.47 Å². The van der Waals surface area contributed by atoms with Crippen LogP contribution in [0, 0.1) is 0 Å². The van der Waals surface area contributed by atoms with Crippen molar-refractivity contribution in [1.29, 1.82) is 0 Å². The summed E-state index contributed by atoms with van der Waals surface area (Å²) in [6.07, 6.45) is 2.65. The first kappa shape index (κ1) is 20.0. The highest BCUT2D eigenvalue weighted by atomic mass is 79.9. The summed E-state index contributed by atoms with van der Waals surface area (Å²) in [6, 6.07) is 6.45. The topological polar surface area (TPSA) is 78.0 Å². The maximum atomic E-state index is 12.8. The van der Waals surface area contributed by atoms with Crippen LogP contribution in [-0.4, -0.2) is 73.1 Å². The number of rotatable bonds is 5. The lowest BCUT2D eigenvalue weighted by molar-refractivity contribution is -0.157. The van der Waals surface area contributed by atoms with E-state index in [2.05, 4.69) is 22.5 Å². The van der Waals surface area contributed by atoms with Crippen molar-refractivity contribution in [1.82, 2.24) is 14.1 Å². The van der Waals surface area contributed by atoms with Crippen LogP contribution in [0.15, 0.2) is 46.3 Å². The van der Waals surface area contributed by atoms with Crippen molar-refractivity contribution in [3.8, 4) is 0 Å². The van der Waals surface area contributed by atoms with Crippen LogP contribution in [-0.2, 0) is 19.6 Å². The molecule has 2 heterocycles. The summed E-state index contributed by atoms with van der Waals surface area (Å²) < 4.78 is 27.8. The molecule has 2 aliphatic heterocycles. The maximum Gasteiger partial charge on any atom is 0.312 e. The summed E-state index contributed by atoms with van der Waals surface area (Å²) in [5, 5.41) is 0. The summed E-state index contributed by atoms with van der Waals surface area (Å²) >= 11 is 3.30. The van der Waals surface area contributed by atoms with E-state index in [-0.39, 0.29) is 10.9 Å².